The predicted octanol–water partition coefficient (Wildman–Crippen LogP) is 4.02. The fourth-order valence-corrected chi connectivity index (χ4v) is 3.74. The Morgan fingerprint density at radius 3 is 2.62 bits per heavy atom. The summed E-state index contributed by atoms with van der Waals surface area (Å²) in [4.78, 5) is 4.56. The van der Waals surface area contributed by atoms with Crippen LogP contribution in [0.1, 0.15) is 51.0 Å². The Morgan fingerprint density at radius 2 is 1.97 bits per heavy atom. The predicted molar refractivity (Wildman–Crippen MR) is 108 cm³/mol. The number of nitrogens with zero attached hydrogens (tertiary/aromatic N) is 1. The van der Waals surface area contributed by atoms with Crippen molar-refractivity contribution in [2.75, 3.05) is 26.3 Å². The minimum absolute atomic E-state index is 0.0918. The molecule has 0 unspecified atom stereocenters. The van der Waals surface area contributed by atoms with E-state index in [2.05, 4.69) is 15.6 Å². The van der Waals surface area contributed by atoms with Crippen LogP contribution in [0.4, 0.5) is 13.2 Å². The zero-order valence-corrected chi connectivity index (χ0v) is 17.0. The maximum Gasteiger partial charge on any atom is 0.422 e. The van der Waals surface area contributed by atoms with Crippen molar-refractivity contribution < 1.29 is 23.0 Å². The van der Waals surface area contributed by atoms with Gasteiger partial charge in [-0.05, 0) is 49.3 Å². The van der Waals surface area contributed by atoms with E-state index < -0.39 is 12.8 Å². The number of alkyl halides is 3. The second kappa shape index (κ2) is 11.3. The van der Waals surface area contributed by atoms with Crippen LogP contribution in [-0.2, 0) is 6.54 Å². The molecule has 8 heteroatoms. The average molecular weight is 416 g/mol. The molecule has 0 heterocycles. The molecule has 0 saturated heterocycles. The van der Waals surface area contributed by atoms with Gasteiger partial charge in [0.1, 0.15) is 5.75 Å². The van der Waals surface area contributed by atoms with Gasteiger partial charge >= 0.3 is 6.18 Å². The number of guanidine groups is 1. The quantitative estimate of drug-likeness (QED) is 0.421. The van der Waals surface area contributed by atoms with Gasteiger partial charge in [0.25, 0.3) is 0 Å². The van der Waals surface area contributed by atoms with E-state index in [4.69, 9.17) is 4.74 Å². The molecule has 1 aliphatic rings. The number of nitrogens with one attached hydrogen (secondary N) is 2. The van der Waals surface area contributed by atoms with Crippen molar-refractivity contribution in [3.8, 4) is 5.75 Å². The molecule has 2 rings (SSSR count). The van der Waals surface area contributed by atoms with Crippen molar-refractivity contribution in [1.29, 1.82) is 0 Å². The summed E-state index contributed by atoms with van der Waals surface area (Å²) in [6.07, 6.45) is 2.21. The molecule has 3 N–H and O–H groups in total. The second-order valence-corrected chi connectivity index (χ2v) is 7.63. The van der Waals surface area contributed by atoms with E-state index >= 15 is 0 Å². The summed E-state index contributed by atoms with van der Waals surface area (Å²) in [6, 6.07) is 6.55. The van der Waals surface area contributed by atoms with Crippen LogP contribution in [0.5, 0.6) is 5.75 Å². The van der Waals surface area contributed by atoms with Gasteiger partial charge in [-0.15, -0.1) is 0 Å². The van der Waals surface area contributed by atoms with Gasteiger partial charge in [-0.3, -0.25) is 0 Å². The Balaban J connectivity index is 1.97. The third-order valence-corrected chi connectivity index (χ3v) is 5.25. The van der Waals surface area contributed by atoms with Crippen LogP contribution >= 0.6 is 0 Å². The van der Waals surface area contributed by atoms with Gasteiger partial charge in [0.2, 0.25) is 0 Å². The minimum atomic E-state index is -4.36. The monoisotopic (exact) mass is 415 g/mol. The highest BCUT2D eigenvalue weighted by Crippen LogP contribution is 2.38. The van der Waals surface area contributed by atoms with Crippen molar-refractivity contribution in [2.45, 2.75) is 58.2 Å². The number of halogens is 3. The molecular formula is C21H32F3N3O2. The van der Waals surface area contributed by atoms with Crippen molar-refractivity contribution >= 4 is 5.96 Å². The lowest BCUT2D eigenvalue weighted by molar-refractivity contribution is -0.153. The van der Waals surface area contributed by atoms with Gasteiger partial charge in [0, 0.05) is 19.7 Å². The van der Waals surface area contributed by atoms with E-state index in [1.165, 1.54) is 25.3 Å². The fraction of sp³-hybridized carbons (Fsp3) is 0.667. The van der Waals surface area contributed by atoms with E-state index in [1.54, 1.807) is 12.1 Å². The zero-order valence-electron chi connectivity index (χ0n) is 17.0. The van der Waals surface area contributed by atoms with Crippen molar-refractivity contribution in [2.24, 2.45) is 10.4 Å². The number of aliphatic hydroxyl groups is 1. The Labute approximate surface area is 170 Å². The van der Waals surface area contributed by atoms with Gasteiger partial charge in [-0.2, -0.15) is 13.2 Å². The molecule has 1 aliphatic carbocycles. The number of hydrogen-bond acceptors (Lipinski definition) is 3. The number of aliphatic hydroxyl groups excluding tert-OH is 1. The average Bonchev–Trinajstić information content (AvgIpc) is 2.69. The molecule has 0 radical (unpaired) electrons. The molecule has 1 saturated carbocycles. The molecule has 1 aromatic rings. The normalized spacial score (nSPS) is 17.1. The van der Waals surface area contributed by atoms with E-state index in [0.717, 1.165) is 31.4 Å². The van der Waals surface area contributed by atoms with Crippen LogP contribution in [0.15, 0.2) is 29.3 Å². The zero-order chi connectivity index (χ0) is 21.2. The van der Waals surface area contributed by atoms with Crippen LogP contribution in [-0.4, -0.2) is 43.5 Å². The summed E-state index contributed by atoms with van der Waals surface area (Å²) in [6.45, 7) is 2.62. The molecular weight excluding hydrogens is 383 g/mol. The molecule has 1 fully saturated rings. The number of ether oxygens (including phenoxy) is 1. The summed E-state index contributed by atoms with van der Waals surface area (Å²) in [5, 5.41) is 16.1. The Kier molecular flexibility index (Phi) is 9.07. The van der Waals surface area contributed by atoms with Gasteiger partial charge in [-0.25, -0.2) is 4.99 Å². The van der Waals surface area contributed by atoms with Crippen LogP contribution in [0.2, 0.25) is 0 Å². The maximum atomic E-state index is 12.3. The van der Waals surface area contributed by atoms with Gasteiger partial charge in [0.05, 0.1) is 6.54 Å². The molecule has 5 nitrogen and oxygen atoms in total. The lowest BCUT2D eigenvalue weighted by Gasteiger charge is -2.37. The smallest absolute Gasteiger partial charge is 0.422 e. The first-order chi connectivity index (χ1) is 13.9. The first-order valence-corrected chi connectivity index (χ1v) is 10.3. The third kappa shape index (κ3) is 8.51. The summed E-state index contributed by atoms with van der Waals surface area (Å²) in [5.41, 5.74) is 0.860. The van der Waals surface area contributed by atoms with Crippen molar-refractivity contribution in [3.63, 3.8) is 0 Å². The van der Waals surface area contributed by atoms with E-state index in [1.807, 2.05) is 13.0 Å². The summed E-state index contributed by atoms with van der Waals surface area (Å²) >= 11 is 0. The molecule has 0 bridgehead atoms. The highest BCUT2D eigenvalue weighted by Gasteiger charge is 2.31. The minimum Gasteiger partial charge on any atom is -0.484 e. The van der Waals surface area contributed by atoms with Gasteiger partial charge < -0.3 is 20.5 Å². The third-order valence-electron chi connectivity index (χ3n) is 5.25. The Bertz CT molecular complexity index is 639. The molecule has 1 aromatic carbocycles. The highest BCUT2D eigenvalue weighted by molar-refractivity contribution is 5.79. The van der Waals surface area contributed by atoms with Crippen LogP contribution < -0.4 is 15.4 Å². The lowest BCUT2D eigenvalue weighted by Crippen LogP contribution is -2.44. The second-order valence-electron chi connectivity index (χ2n) is 7.63. The van der Waals surface area contributed by atoms with Crippen LogP contribution in [0, 0.1) is 5.41 Å². The number of rotatable bonds is 9. The van der Waals surface area contributed by atoms with E-state index in [-0.39, 0.29) is 17.8 Å². The molecule has 0 aliphatic heterocycles. The molecule has 164 valence electrons. The largest absolute Gasteiger partial charge is 0.484 e. The first kappa shape index (κ1) is 23.3. The van der Waals surface area contributed by atoms with Gasteiger partial charge in [0.15, 0.2) is 12.6 Å². The van der Waals surface area contributed by atoms with Gasteiger partial charge in [-0.1, -0.05) is 31.4 Å². The van der Waals surface area contributed by atoms with Crippen LogP contribution in [0.3, 0.4) is 0 Å². The first-order valence-electron chi connectivity index (χ1n) is 10.3. The molecule has 29 heavy (non-hydrogen) atoms. The number of benzene rings is 1. The fourth-order valence-electron chi connectivity index (χ4n) is 3.74. The lowest BCUT2D eigenvalue weighted by atomic mass is 9.72. The summed E-state index contributed by atoms with van der Waals surface area (Å²) < 4.78 is 41.8. The highest BCUT2D eigenvalue weighted by atomic mass is 19.4. The SMILES string of the molecule is CCNC(=NCc1cccc(OCC(F)(F)F)c1)NCC1(CCO)CCCCC1. The Morgan fingerprint density at radius 1 is 1.21 bits per heavy atom. The number of aliphatic imine (C=N–C) groups is 1. The Hall–Kier alpha value is -1.96. The molecule has 0 atom stereocenters. The molecule has 0 amide bonds. The van der Waals surface area contributed by atoms with E-state index in [9.17, 15) is 18.3 Å². The van der Waals surface area contributed by atoms with Crippen molar-refractivity contribution in [1.82, 2.24) is 10.6 Å². The van der Waals surface area contributed by atoms with E-state index in [0.29, 0.717) is 19.0 Å². The maximum absolute atomic E-state index is 12.3. The standard InChI is InChI=1S/C21H32F3N3O2/c1-2-25-19(27-15-20(11-12-28)9-4-3-5-10-20)26-14-17-7-6-8-18(13-17)29-16-21(22,23)24/h6-8,13,28H,2-5,9-12,14-16H2,1H3,(H2,25,26,27). The summed E-state index contributed by atoms with van der Waals surface area (Å²) in [7, 11) is 0. The number of hydrogen-bond donors (Lipinski definition) is 3. The van der Waals surface area contributed by atoms with Crippen molar-refractivity contribution in [3.05, 3.63) is 29.8 Å². The van der Waals surface area contributed by atoms with Crippen LogP contribution in [0.25, 0.3) is 0 Å². The summed E-state index contributed by atoms with van der Waals surface area (Å²) in [5.74, 6) is 0.842. The topological polar surface area (TPSA) is 65.9 Å². The molecule has 0 aromatic heterocycles. The molecule has 0 spiro atoms.